The van der Waals surface area contributed by atoms with Crippen LogP contribution < -0.4 is 21.3 Å². The number of alkyl carbamates (subject to hydrolysis) is 1. The molecule has 1 aromatic rings. The lowest BCUT2D eigenvalue weighted by molar-refractivity contribution is -0.199. The van der Waals surface area contributed by atoms with E-state index in [2.05, 4.69) is 46.8 Å². The minimum atomic E-state index is -1.06. The fourth-order valence-corrected chi connectivity index (χ4v) is 7.45. The number of carbonyl (C=O) groups is 5. The predicted octanol–water partition coefficient (Wildman–Crippen LogP) is 2.30. The van der Waals surface area contributed by atoms with Gasteiger partial charge in [0, 0.05) is 12.8 Å². The Labute approximate surface area is 283 Å². The van der Waals surface area contributed by atoms with Gasteiger partial charge in [-0.1, -0.05) is 58.0 Å². The summed E-state index contributed by atoms with van der Waals surface area (Å²) in [7, 11) is 1.72. The fraction of sp³-hybridized carbons (Fsp3) is 0.676. The molecule has 4 aliphatic rings. The van der Waals surface area contributed by atoms with E-state index in [9.17, 15) is 24.0 Å². The van der Waals surface area contributed by atoms with E-state index in [1.54, 1.807) is 13.8 Å². The Kier molecular flexibility index (Phi) is 11.8. The monoisotopic (exact) mass is 670 g/mol. The molecule has 264 valence electrons. The highest BCUT2D eigenvalue weighted by Gasteiger charge is 2.68. The van der Waals surface area contributed by atoms with Gasteiger partial charge >= 0.3 is 19.2 Å². The van der Waals surface area contributed by atoms with Gasteiger partial charge in [0.15, 0.2) is 0 Å². The van der Waals surface area contributed by atoms with Gasteiger partial charge in [-0.3, -0.25) is 19.2 Å². The number of rotatable bonds is 14. The van der Waals surface area contributed by atoms with Crippen molar-refractivity contribution < 1.29 is 42.8 Å². The van der Waals surface area contributed by atoms with Crippen LogP contribution in [-0.2, 0) is 44.4 Å². The Hall–Kier alpha value is -3.65. The zero-order valence-electron chi connectivity index (χ0n) is 29.3. The van der Waals surface area contributed by atoms with E-state index >= 15 is 0 Å². The van der Waals surface area contributed by atoms with Crippen molar-refractivity contribution in [1.82, 2.24) is 21.3 Å². The van der Waals surface area contributed by atoms with Crippen LogP contribution in [0.1, 0.15) is 72.8 Å². The summed E-state index contributed by atoms with van der Waals surface area (Å²) in [5.74, 6) is -2.24. The van der Waals surface area contributed by atoms with Crippen LogP contribution in [0.5, 0.6) is 0 Å². The van der Waals surface area contributed by atoms with Crippen LogP contribution in [0.3, 0.4) is 0 Å². The van der Waals surface area contributed by atoms with Crippen molar-refractivity contribution in [2.45, 2.75) is 109 Å². The van der Waals surface area contributed by atoms with Gasteiger partial charge in [-0.2, -0.15) is 0 Å². The molecule has 1 aliphatic heterocycles. The lowest BCUT2D eigenvalue weighted by Gasteiger charge is -2.64. The molecule has 3 saturated carbocycles. The first kappa shape index (κ1) is 37.2. The summed E-state index contributed by atoms with van der Waals surface area (Å²) in [5.41, 5.74) is 0.395. The zero-order valence-corrected chi connectivity index (χ0v) is 29.3. The third kappa shape index (κ3) is 8.14. The van der Waals surface area contributed by atoms with E-state index in [0.29, 0.717) is 11.8 Å². The summed E-state index contributed by atoms with van der Waals surface area (Å²) in [6.07, 6.45) is 1.41. The van der Waals surface area contributed by atoms with Crippen LogP contribution in [0.15, 0.2) is 30.3 Å². The Bertz CT molecular complexity index is 1340. The van der Waals surface area contributed by atoms with Crippen LogP contribution in [-0.4, -0.2) is 86.9 Å². The largest absolute Gasteiger partial charge is 0.481 e. The number of ether oxygens (including phenoxy) is 2. The topological polar surface area (TPSA) is 170 Å². The summed E-state index contributed by atoms with van der Waals surface area (Å²) in [6.45, 7) is 11.6. The molecule has 0 aromatic heterocycles. The fourth-order valence-electron chi connectivity index (χ4n) is 7.45. The number of hydrogen-bond donors (Lipinski definition) is 4. The molecule has 5 rings (SSSR count). The predicted molar refractivity (Wildman–Crippen MR) is 177 cm³/mol. The first-order valence-corrected chi connectivity index (χ1v) is 16.8. The van der Waals surface area contributed by atoms with Gasteiger partial charge in [-0.05, 0) is 61.8 Å². The smallest absolute Gasteiger partial charge is 0.469 e. The number of amides is 4. The minimum Gasteiger partial charge on any atom is -0.469 e. The quantitative estimate of drug-likeness (QED) is 0.171. The highest BCUT2D eigenvalue weighted by molar-refractivity contribution is 6.48. The molecule has 1 heterocycles. The lowest BCUT2D eigenvalue weighted by Crippen LogP contribution is -2.65. The minimum absolute atomic E-state index is 0.0339. The third-order valence-corrected chi connectivity index (χ3v) is 10.6. The maximum absolute atomic E-state index is 13.7. The van der Waals surface area contributed by atoms with Crippen molar-refractivity contribution in [3.05, 3.63) is 35.9 Å². The molecular formula is C34H51BN4O9. The van der Waals surface area contributed by atoms with Crippen LogP contribution >= 0.6 is 0 Å². The number of esters is 1. The van der Waals surface area contributed by atoms with Crippen LogP contribution in [0, 0.1) is 23.2 Å². The number of carbonyl (C=O) groups excluding carboxylic acids is 5. The van der Waals surface area contributed by atoms with E-state index < -0.39 is 66.6 Å². The molecule has 3 unspecified atom stereocenters. The summed E-state index contributed by atoms with van der Waals surface area (Å²) in [5, 5.41) is 10.9. The van der Waals surface area contributed by atoms with Gasteiger partial charge < -0.3 is 40.0 Å². The van der Waals surface area contributed by atoms with Gasteiger partial charge in [0.05, 0.1) is 31.9 Å². The first-order valence-electron chi connectivity index (χ1n) is 16.8. The summed E-state index contributed by atoms with van der Waals surface area (Å²) in [4.78, 5) is 64.5. The summed E-state index contributed by atoms with van der Waals surface area (Å²) < 4.78 is 22.5. The molecule has 48 heavy (non-hydrogen) atoms. The standard InChI is InChI=1S/C34H51BN4O9/c1-19(2)28(39-32(44)46-8)31(43)37-23(16-21-12-10-9-11-13-21)30(42)36-20(3)29(41)38-26(14-15-27(40)45-7)35-47-25-18-22-17-24(33(22,4)5)34(25,6)48-35/h9-13,19-20,22-26,28H,14-18H2,1-8H3,(H,36,42)(H,37,43)(H,38,41)(H,39,44)/t20-,22?,23-,24?,25+,26?,28-,34-/m0/s1. The van der Waals surface area contributed by atoms with E-state index in [0.717, 1.165) is 18.4 Å². The van der Waals surface area contributed by atoms with Crippen LogP contribution in [0.4, 0.5) is 4.79 Å². The molecule has 1 saturated heterocycles. The lowest BCUT2D eigenvalue weighted by atomic mass is 9.43. The second-order valence-corrected chi connectivity index (χ2v) is 14.4. The van der Waals surface area contributed by atoms with Gasteiger partial charge in [0.1, 0.15) is 18.1 Å². The van der Waals surface area contributed by atoms with E-state index in [-0.39, 0.29) is 36.7 Å². The average Bonchev–Trinajstić information content (AvgIpc) is 3.41. The third-order valence-electron chi connectivity index (χ3n) is 10.6. The van der Waals surface area contributed by atoms with Crippen molar-refractivity contribution in [1.29, 1.82) is 0 Å². The summed E-state index contributed by atoms with van der Waals surface area (Å²) >= 11 is 0. The van der Waals surface area contributed by atoms with Crippen molar-refractivity contribution in [2.75, 3.05) is 14.2 Å². The Balaban J connectivity index is 1.46. The Morgan fingerprint density at radius 3 is 2.19 bits per heavy atom. The van der Waals surface area contributed by atoms with E-state index in [4.69, 9.17) is 14.0 Å². The SMILES string of the molecule is COC(=O)CCC(NC(=O)[C@H](C)NC(=O)[C@H](Cc1ccccc1)NC(=O)[C@@H](NC(=O)OC)C(C)C)B1O[C@@H]2CC3CC(C3(C)C)[C@]2(C)O1. The number of methoxy groups -OCH3 is 2. The molecule has 0 radical (unpaired) electrons. The zero-order chi connectivity index (χ0) is 35.4. The molecule has 4 amide bonds. The molecule has 13 nitrogen and oxygen atoms in total. The maximum Gasteiger partial charge on any atom is 0.481 e. The van der Waals surface area contributed by atoms with Gasteiger partial charge in [0.2, 0.25) is 17.7 Å². The second kappa shape index (κ2) is 15.3. The van der Waals surface area contributed by atoms with Crippen molar-refractivity contribution in [3.8, 4) is 0 Å². The number of nitrogens with one attached hydrogen (secondary N) is 4. The highest BCUT2D eigenvalue weighted by atomic mass is 16.7. The average molecular weight is 671 g/mol. The molecule has 0 spiro atoms. The van der Waals surface area contributed by atoms with Crippen LogP contribution in [0.25, 0.3) is 0 Å². The molecule has 14 heteroatoms. The van der Waals surface area contributed by atoms with Gasteiger partial charge in [-0.25, -0.2) is 4.79 Å². The molecule has 4 N–H and O–H groups in total. The molecular weight excluding hydrogens is 619 g/mol. The van der Waals surface area contributed by atoms with Crippen molar-refractivity contribution in [3.63, 3.8) is 0 Å². The normalized spacial score (nSPS) is 26.1. The molecule has 1 aromatic carbocycles. The van der Waals surface area contributed by atoms with Crippen molar-refractivity contribution >= 4 is 36.9 Å². The highest BCUT2D eigenvalue weighted by Crippen LogP contribution is 2.65. The Morgan fingerprint density at radius 1 is 0.896 bits per heavy atom. The molecule has 3 aliphatic carbocycles. The summed E-state index contributed by atoms with van der Waals surface area (Å²) in [6, 6.07) is 6.08. The Morgan fingerprint density at radius 2 is 1.58 bits per heavy atom. The van der Waals surface area contributed by atoms with E-state index in [1.165, 1.54) is 21.1 Å². The molecule has 8 atom stereocenters. The number of hydrogen-bond acceptors (Lipinski definition) is 9. The second-order valence-electron chi connectivity index (χ2n) is 14.4. The maximum atomic E-state index is 13.7. The molecule has 2 bridgehead atoms. The van der Waals surface area contributed by atoms with Crippen molar-refractivity contribution in [2.24, 2.45) is 23.2 Å². The molecule has 4 fully saturated rings. The van der Waals surface area contributed by atoms with Gasteiger partial charge in [-0.15, -0.1) is 0 Å². The first-order chi connectivity index (χ1) is 22.6. The number of benzene rings is 1. The van der Waals surface area contributed by atoms with Crippen LogP contribution in [0.2, 0.25) is 0 Å². The van der Waals surface area contributed by atoms with Gasteiger partial charge in [0.25, 0.3) is 0 Å². The van der Waals surface area contributed by atoms with E-state index in [1.807, 2.05) is 30.3 Å².